The lowest BCUT2D eigenvalue weighted by Gasteiger charge is -2.37. The minimum atomic E-state index is 0.164. The highest BCUT2D eigenvalue weighted by Crippen LogP contribution is 2.03. The van der Waals surface area contributed by atoms with E-state index in [1.807, 2.05) is 0 Å². The van der Waals surface area contributed by atoms with Gasteiger partial charge >= 0.3 is 0 Å². The Balaban J connectivity index is 2.16. The van der Waals surface area contributed by atoms with E-state index in [4.69, 9.17) is 0 Å². The molecule has 1 rings (SSSR count). The monoisotopic (exact) mass is 213 g/mol. The Morgan fingerprint density at radius 2 is 2.20 bits per heavy atom. The molecule has 0 radical (unpaired) electrons. The van der Waals surface area contributed by atoms with Gasteiger partial charge in [-0.3, -0.25) is 9.69 Å². The summed E-state index contributed by atoms with van der Waals surface area (Å²) < 4.78 is 0. The Labute approximate surface area is 92.4 Å². The third-order valence-electron chi connectivity index (χ3n) is 2.88. The van der Waals surface area contributed by atoms with Crippen LogP contribution in [0.25, 0.3) is 0 Å². The molecule has 0 bridgehead atoms. The summed E-state index contributed by atoms with van der Waals surface area (Å²) in [7, 11) is 0. The van der Waals surface area contributed by atoms with Crippen LogP contribution in [0.5, 0.6) is 0 Å². The Morgan fingerprint density at radius 1 is 1.47 bits per heavy atom. The van der Waals surface area contributed by atoms with Gasteiger partial charge in [0.2, 0.25) is 5.91 Å². The van der Waals surface area contributed by atoms with Crippen LogP contribution in [0.3, 0.4) is 0 Å². The third kappa shape index (κ3) is 4.18. The highest BCUT2D eigenvalue weighted by molar-refractivity contribution is 5.78. The number of likely N-dealkylation sites (N-methyl/N-ethyl adjacent to an activating group) is 1. The maximum absolute atomic E-state index is 11.6. The minimum absolute atomic E-state index is 0.164. The van der Waals surface area contributed by atoms with Crippen molar-refractivity contribution in [2.75, 3.05) is 32.7 Å². The lowest BCUT2D eigenvalue weighted by Crippen LogP contribution is -2.58. The molecule has 0 aromatic rings. The number of carbonyl (C=O) groups excluding carboxylic acids is 1. The molecule has 15 heavy (non-hydrogen) atoms. The van der Waals surface area contributed by atoms with Crippen molar-refractivity contribution in [1.29, 1.82) is 0 Å². The number of hydrogen-bond donors (Lipinski definition) is 2. The number of nitrogens with one attached hydrogen (secondary N) is 2. The van der Waals surface area contributed by atoms with Crippen molar-refractivity contribution >= 4 is 5.91 Å². The molecule has 1 fully saturated rings. The van der Waals surface area contributed by atoms with E-state index >= 15 is 0 Å². The molecular weight excluding hydrogens is 190 g/mol. The smallest absolute Gasteiger partial charge is 0.234 e. The second-order valence-corrected chi connectivity index (χ2v) is 4.08. The second-order valence-electron chi connectivity index (χ2n) is 4.08. The zero-order chi connectivity index (χ0) is 11.1. The summed E-state index contributed by atoms with van der Waals surface area (Å²) >= 11 is 0. The van der Waals surface area contributed by atoms with Crippen LogP contribution < -0.4 is 10.6 Å². The average molecular weight is 213 g/mol. The van der Waals surface area contributed by atoms with E-state index in [2.05, 4.69) is 29.4 Å². The molecule has 0 aliphatic carbocycles. The van der Waals surface area contributed by atoms with E-state index in [0.717, 1.165) is 39.0 Å². The Kier molecular flexibility index (Phi) is 5.65. The van der Waals surface area contributed by atoms with Crippen LogP contribution in [-0.2, 0) is 4.79 Å². The van der Waals surface area contributed by atoms with E-state index in [9.17, 15) is 4.79 Å². The number of hydrogen-bond acceptors (Lipinski definition) is 3. The predicted molar refractivity (Wildman–Crippen MR) is 61.8 cm³/mol. The normalized spacial score (nSPS) is 16.5. The van der Waals surface area contributed by atoms with Crippen LogP contribution >= 0.6 is 0 Å². The van der Waals surface area contributed by atoms with Gasteiger partial charge in [0.1, 0.15) is 0 Å². The summed E-state index contributed by atoms with van der Waals surface area (Å²) in [6.07, 6.45) is 2.20. The SMILES string of the molecule is CCCCNC(=O)CN(CC)C1CNC1. The molecule has 1 heterocycles. The van der Waals surface area contributed by atoms with E-state index in [1.54, 1.807) is 0 Å². The molecule has 0 aromatic carbocycles. The minimum Gasteiger partial charge on any atom is -0.355 e. The topological polar surface area (TPSA) is 44.4 Å². The Morgan fingerprint density at radius 3 is 2.67 bits per heavy atom. The van der Waals surface area contributed by atoms with Crippen LogP contribution in [-0.4, -0.2) is 49.6 Å². The fraction of sp³-hybridized carbons (Fsp3) is 0.909. The summed E-state index contributed by atoms with van der Waals surface area (Å²) in [5.41, 5.74) is 0. The number of amides is 1. The van der Waals surface area contributed by atoms with Gasteiger partial charge in [-0.15, -0.1) is 0 Å². The van der Waals surface area contributed by atoms with E-state index in [-0.39, 0.29) is 5.91 Å². The molecule has 0 spiro atoms. The first kappa shape index (κ1) is 12.5. The summed E-state index contributed by atoms with van der Waals surface area (Å²) in [6.45, 7) is 8.60. The highest BCUT2D eigenvalue weighted by Gasteiger charge is 2.24. The summed E-state index contributed by atoms with van der Waals surface area (Å²) in [6, 6.07) is 0.562. The Hall–Kier alpha value is -0.610. The largest absolute Gasteiger partial charge is 0.355 e. The standard InChI is InChI=1S/C11H23N3O/c1-3-5-6-13-11(15)9-14(4-2)10-7-12-8-10/h10,12H,3-9H2,1-2H3,(H,13,15). The van der Waals surface area contributed by atoms with Gasteiger partial charge in [0.25, 0.3) is 0 Å². The van der Waals surface area contributed by atoms with Gasteiger partial charge in [-0.25, -0.2) is 0 Å². The molecule has 1 saturated heterocycles. The van der Waals surface area contributed by atoms with Gasteiger partial charge in [0.05, 0.1) is 6.54 Å². The zero-order valence-corrected chi connectivity index (χ0v) is 9.88. The first-order valence-electron chi connectivity index (χ1n) is 5.99. The molecular formula is C11H23N3O. The van der Waals surface area contributed by atoms with Crippen molar-refractivity contribution < 1.29 is 4.79 Å². The fourth-order valence-electron chi connectivity index (χ4n) is 1.68. The van der Waals surface area contributed by atoms with Gasteiger partial charge in [-0.1, -0.05) is 20.3 Å². The summed E-state index contributed by atoms with van der Waals surface area (Å²) in [5.74, 6) is 0.164. The molecule has 4 nitrogen and oxygen atoms in total. The first-order valence-corrected chi connectivity index (χ1v) is 5.99. The molecule has 0 unspecified atom stereocenters. The zero-order valence-electron chi connectivity index (χ0n) is 9.88. The van der Waals surface area contributed by atoms with Crippen LogP contribution in [0.2, 0.25) is 0 Å². The van der Waals surface area contributed by atoms with Crippen molar-refractivity contribution in [1.82, 2.24) is 15.5 Å². The van der Waals surface area contributed by atoms with Crippen LogP contribution in [0.1, 0.15) is 26.7 Å². The molecule has 2 N–H and O–H groups in total. The van der Waals surface area contributed by atoms with Gasteiger partial charge in [-0.05, 0) is 13.0 Å². The first-order chi connectivity index (χ1) is 7.27. The van der Waals surface area contributed by atoms with Crippen molar-refractivity contribution in [2.24, 2.45) is 0 Å². The molecule has 0 saturated carbocycles. The predicted octanol–water partition coefficient (Wildman–Crippen LogP) is 0.196. The maximum atomic E-state index is 11.6. The van der Waals surface area contributed by atoms with E-state index in [1.165, 1.54) is 0 Å². The van der Waals surface area contributed by atoms with Crippen LogP contribution in [0.15, 0.2) is 0 Å². The molecule has 88 valence electrons. The fourth-order valence-corrected chi connectivity index (χ4v) is 1.68. The van der Waals surface area contributed by atoms with E-state index in [0.29, 0.717) is 12.6 Å². The van der Waals surface area contributed by atoms with Crippen LogP contribution in [0, 0.1) is 0 Å². The second kappa shape index (κ2) is 6.80. The number of unbranched alkanes of at least 4 members (excludes halogenated alkanes) is 1. The molecule has 1 aliphatic heterocycles. The summed E-state index contributed by atoms with van der Waals surface area (Å²) in [5, 5.41) is 6.18. The maximum Gasteiger partial charge on any atom is 0.234 e. The Bertz CT molecular complexity index is 192. The van der Waals surface area contributed by atoms with E-state index < -0.39 is 0 Å². The summed E-state index contributed by atoms with van der Waals surface area (Å²) in [4.78, 5) is 13.8. The van der Waals surface area contributed by atoms with Crippen molar-refractivity contribution in [2.45, 2.75) is 32.7 Å². The molecule has 0 atom stereocenters. The lowest BCUT2D eigenvalue weighted by molar-refractivity contribution is -0.123. The van der Waals surface area contributed by atoms with Gasteiger partial charge in [0, 0.05) is 25.7 Å². The molecule has 0 aromatic heterocycles. The van der Waals surface area contributed by atoms with Gasteiger partial charge in [-0.2, -0.15) is 0 Å². The van der Waals surface area contributed by atoms with Gasteiger partial charge < -0.3 is 10.6 Å². The molecule has 1 aliphatic rings. The number of carbonyl (C=O) groups is 1. The quantitative estimate of drug-likeness (QED) is 0.594. The van der Waals surface area contributed by atoms with Crippen molar-refractivity contribution in [3.05, 3.63) is 0 Å². The number of rotatable bonds is 7. The van der Waals surface area contributed by atoms with Crippen molar-refractivity contribution in [3.63, 3.8) is 0 Å². The third-order valence-corrected chi connectivity index (χ3v) is 2.88. The number of nitrogens with zero attached hydrogens (tertiary/aromatic N) is 1. The van der Waals surface area contributed by atoms with Crippen molar-refractivity contribution in [3.8, 4) is 0 Å². The van der Waals surface area contributed by atoms with Gasteiger partial charge in [0.15, 0.2) is 0 Å². The highest BCUT2D eigenvalue weighted by atomic mass is 16.2. The average Bonchev–Trinajstić information content (AvgIpc) is 2.14. The lowest BCUT2D eigenvalue weighted by atomic mass is 10.1. The van der Waals surface area contributed by atoms with Crippen LogP contribution in [0.4, 0.5) is 0 Å². The molecule has 4 heteroatoms. The molecule has 1 amide bonds.